The monoisotopic (exact) mass is 779 g/mol. The molecule has 46 heavy (non-hydrogen) atoms. The highest BCUT2D eigenvalue weighted by molar-refractivity contribution is 7.87. The number of halogens is 3. The van der Waals surface area contributed by atoms with Crippen molar-refractivity contribution in [2.45, 2.75) is 19.6 Å². The van der Waals surface area contributed by atoms with Crippen molar-refractivity contribution in [3.8, 4) is 0 Å². The lowest BCUT2D eigenvalue weighted by Crippen LogP contribution is -2.12. The van der Waals surface area contributed by atoms with Crippen LogP contribution in [0.15, 0.2) is 49.9 Å². The Balaban J connectivity index is 1.82. The largest absolute Gasteiger partial charge is 0.324 e. The van der Waals surface area contributed by atoms with Crippen LogP contribution >= 0.6 is 34.8 Å². The van der Waals surface area contributed by atoms with Crippen LogP contribution in [0.5, 0.6) is 0 Å². The number of nitrogens with one attached hydrogen (secondary N) is 3. The predicted molar refractivity (Wildman–Crippen MR) is 157 cm³/mol. The standard InChI is InChI=1S/C18H12Cl3N9O12S4/c19-13-25-14(20)27-17(26-13)23-9-4-12(46(40,41)42)10(5-11(9)45(37,38)39)24-18-29-15(21)28-16(30-18)22-6-1-7(43(31,32)33)3-8(2-6)44(34,35)36/h1-5H,(H,31,32,33)(H,34,35,36)(H,37,38,39)(H,40,41,42)(H,23,25,26,27)(H2,22,24,28,29,30). The van der Waals surface area contributed by atoms with Crippen LogP contribution < -0.4 is 16.0 Å². The maximum atomic E-state index is 12.3. The zero-order valence-corrected chi connectivity index (χ0v) is 26.9. The molecule has 0 saturated carbocycles. The first-order valence-corrected chi connectivity index (χ1v) is 17.9. The van der Waals surface area contributed by atoms with E-state index in [4.69, 9.17) is 34.8 Å². The Morgan fingerprint density at radius 3 is 1.17 bits per heavy atom. The Hall–Kier alpha value is -3.63. The van der Waals surface area contributed by atoms with Gasteiger partial charge in [-0.3, -0.25) is 18.2 Å². The van der Waals surface area contributed by atoms with E-state index in [1.165, 1.54) is 0 Å². The van der Waals surface area contributed by atoms with Gasteiger partial charge in [0.1, 0.15) is 9.79 Å². The van der Waals surface area contributed by atoms with E-state index in [0.29, 0.717) is 30.3 Å². The van der Waals surface area contributed by atoms with Gasteiger partial charge in [-0.05, 0) is 65.1 Å². The van der Waals surface area contributed by atoms with Crippen LogP contribution in [-0.2, 0) is 40.5 Å². The third kappa shape index (κ3) is 8.79. The van der Waals surface area contributed by atoms with Gasteiger partial charge in [0.15, 0.2) is 0 Å². The van der Waals surface area contributed by atoms with Crippen LogP contribution in [0.1, 0.15) is 0 Å². The van der Waals surface area contributed by atoms with Crippen molar-refractivity contribution in [3.63, 3.8) is 0 Å². The second-order valence-electron chi connectivity index (χ2n) is 8.26. The number of benzene rings is 2. The van der Waals surface area contributed by atoms with Crippen molar-refractivity contribution >= 4 is 110 Å². The molecule has 0 aliphatic heterocycles. The van der Waals surface area contributed by atoms with Crippen LogP contribution in [-0.4, -0.2) is 81.8 Å². The summed E-state index contributed by atoms with van der Waals surface area (Å²) in [5, 5.41) is 5.29. The molecule has 0 bridgehead atoms. The molecule has 0 aliphatic rings. The third-order valence-electron chi connectivity index (χ3n) is 5.05. The lowest BCUT2D eigenvalue weighted by molar-refractivity contribution is 0.479. The molecule has 0 aliphatic carbocycles. The molecule has 0 atom stereocenters. The summed E-state index contributed by atoms with van der Waals surface area (Å²) >= 11 is 17.3. The second-order valence-corrected chi connectivity index (χ2v) is 14.9. The van der Waals surface area contributed by atoms with Gasteiger partial charge >= 0.3 is 0 Å². The predicted octanol–water partition coefficient (Wildman–Crippen LogP) is 2.23. The number of rotatable bonds is 10. The summed E-state index contributed by atoms with van der Waals surface area (Å²) in [5.41, 5.74) is -1.93. The van der Waals surface area contributed by atoms with Gasteiger partial charge in [0.05, 0.1) is 21.2 Å². The smallest absolute Gasteiger partial charge is 0.296 e. The summed E-state index contributed by atoms with van der Waals surface area (Å²) in [6.45, 7) is 0. The SMILES string of the molecule is O=S(=O)(O)c1cc(Nc2nc(Cl)nc(Nc3cc(S(=O)(=O)O)c(Nc4nc(Cl)nc(Cl)n4)cc3S(=O)(=O)O)n2)cc(S(=O)(=O)O)c1. The summed E-state index contributed by atoms with van der Waals surface area (Å²) in [7, 11) is -20.4. The first-order valence-electron chi connectivity index (χ1n) is 11.0. The van der Waals surface area contributed by atoms with Crippen LogP contribution in [0.3, 0.4) is 0 Å². The highest BCUT2D eigenvalue weighted by Crippen LogP contribution is 2.35. The summed E-state index contributed by atoms with van der Waals surface area (Å²) in [5.74, 6) is -1.78. The summed E-state index contributed by atoms with van der Waals surface area (Å²) in [6, 6.07) is 2.91. The van der Waals surface area contributed by atoms with E-state index in [1.54, 1.807) is 0 Å². The Morgan fingerprint density at radius 1 is 0.457 bits per heavy atom. The molecular weight excluding hydrogens is 769 g/mol. The lowest BCUT2D eigenvalue weighted by atomic mass is 10.2. The Kier molecular flexibility index (Phi) is 9.59. The van der Waals surface area contributed by atoms with E-state index in [-0.39, 0.29) is 0 Å². The molecule has 246 valence electrons. The van der Waals surface area contributed by atoms with E-state index >= 15 is 0 Å². The average Bonchev–Trinajstić information content (AvgIpc) is 2.86. The summed E-state index contributed by atoms with van der Waals surface area (Å²) in [6.07, 6.45) is 0. The van der Waals surface area contributed by atoms with E-state index in [1.807, 2.05) is 0 Å². The minimum atomic E-state index is -5.22. The number of hydrogen-bond acceptors (Lipinski definition) is 17. The average molecular weight is 781 g/mol. The molecule has 0 radical (unpaired) electrons. The van der Waals surface area contributed by atoms with Gasteiger partial charge in [-0.2, -0.15) is 63.6 Å². The van der Waals surface area contributed by atoms with E-state index in [2.05, 4.69) is 45.9 Å². The Bertz CT molecular complexity index is 2280. The van der Waals surface area contributed by atoms with Crippen LogP contribution in [0.25, 0.3) is 0 Å². The van der Waals surface area contributed by atoms with Crippen molar-refractivity contribution in [2.75, 3.05) is 16.0 Å². The quantitative estimate of drug-likeness (QED) is 0.113. The van der Waals surface area contributed by atoms with Crippen molar-refractivity contribution < 1.29 is 51.9 Å². The van der Waals surface area contributed by atoms with Gasteiger partial charge in [-0.15, -0.1) is 0 Å². The summed E-state index contributed by atoms with van der Waals surface area (Å²) in [4.78, 5) is 17.9. The van der Waals surface area contributed by atoms with Crippen molar-refractivity contribution in [2.24, 2.45) is 0 Å². The fraction of sp³-hybridized carbons (Fsp3) is 0. The van der Waals surface area contributed by atoms with Crippen molar-refractivity contribution in [1.29, 1.82) is 0 Å². The van der Waals surface area contributed by atoms with Crippen LogP contribution in [0, 0.1) is 0 Å². The molecule has 4 rings (SSSR count). The Labute approximate surface area is 272 Å². The number of aromatic nitrogens is 6. The molecular formula is C18H12Cl3N9O12S4. The molecule has 0 unspecified atom stereocenters. The minimum Gasteiger partial charge on any atom is -0.324 e. The lowest BCUT2D eigenvalue weighted by Gasteiger charge is -2.15. The van der Waals surface area contributed by atoms with Gasteiger partial charge in [-0.1, -0.05) is 0 Å². The molecule has 0 amide bonds. The van der Waals surface area contributed by atoms with Crippen molar-refractivity contribution in [3.05, 3.63) is 46.2 Å². The fourth-order valence-electron chi connectivity index (χ4n) is 3.34. The van der Waals surface area contributed by atoms with E-state index in [9.17, 15) is 51.9 Å². The highest BCUT2D eigenvalue weighted by Gasteiger charge is 2.26. The maximum absolute atomic E-state index is 12.3. The molecule has 4 aromatic rings. The van der Waals surface area contributed by atoms with Gasteiger partial charge in [0.25, 0.3) is 40.5 Å². The molecule has 21 nitrogen and oxygen atoms in total. The number of hydrogen-bond donors (Lipinski definition) is 7. The topological polar surface area (TPSA) is 331 Å². The van der Waals surface area contributed by atoms with E-state index < -0.39 is 111 Å². The number of anilines is 6. The molecule has 7 N–H and O–H groups in total. The normalized spacial score (nSPS) is 12.5. The molecule has 2 heterocycles. The van der Waals surface area contributed by atoms with Crippen molar-refractivity contribution in [1.82, 2.24) is 29.9 Å². The summed E-state index contributed by atoms with van der Waals surface area (Å²) < 4.78 is 134. The molecule has 2 aromatic heterocycles. The van der Waals surface area contributed by atoms with Crippen LogP contribution in [0.2, 0.25) is 15.9 Å². The second kappa shape index (κ2) is 12.5. The maximum Gasteiger partial charge on any atom is 0.296 e. The first-order chi connectivity index (χ1) is 21.0. The van der Waals surface area contributed by atoms with Gasteiger partial charge in [0.2, 0.25) is 33.7 Å². The third-order valence-corrected chi connectivity index (χ3v) is 9.01. The molecule has 28 heteroatoms. The molecule has 2 aromatic carbocycles. The van der Waals surface area contributed by atoms with E-state index in [0.717, 1.165) is 0 Å². The first kappa shape index (κ1) is 35.2. The highest BCUT2D eigenvalue weighted by atomic mass is 35.5. The zero-order chi connectivity index (χ0) is 34.4. The zero-order valence-electron chi connectivity index (χ0n) is 21.4. The molecule has 0 spiro atoms. The Morgan fingerprint density at radius 2 is 0.804 bits per heavy atom. The van der Waals surface area contributed by atoms with Gasteiger partial charge in [0, 0.05) is 5.69 Å². The van der Waals surface area contributed by atoms with Gasteiger partial charge < -0.3 is 16.0 Å². The van der Waals surface area contributed by atoms with Crippen LogP contribution in [0.4, 0.5) is 34.9 Å². The number of nitrogens with zero attached hydrogens (tertiary/aromatic N) is 6. The molecule has 0 fully saturated rings. The minimum absolute atomic E-state index is 0.440. The van der Waals surface area contributed by atoms with Gasteiger partial charge in [-0.25, -0.2) is 0 Å². The molecule has 0 saturated heterocycles. The fourth-order valence-corrected chi connectivity index (χ4v) is 6.35.